The molecule has 0 aliphatic rings. The maximum Gasteiger partial charge on any atom is 0.261 e. The van der Waals surface area contributed by atoms with Gasteiger partial charge in [-0.05, 0) is 24.1 Å². The Kier molecular flexibility index (Phi) is 4.41. The van der Waals surface area contributed by atoms with E-state index in [4.69, 9.17) is 0 Å². The summed E-state index contributed by atoms with van der Waals surface area (Å²) in [6.07, 6.45) is 3.07. The smallest absolute Gasteiger partial charge is 0.261 e. The summed E-state index contributed by atoms with van der Waals surface area (Å²) in [7, 11) is 0. The van der Waals surface area contributed by atoms with E-state index in [0.29, 0.717) is 17.4 Å². The molecule has 7 heteroatoms. The van der Waals surface area contributed by atoms with E-state index in [2.05, 4.69) is 20.5 Å². The van der Waals surface area contributed by atoms with E-state index in [-0.39, 0.29) is 17.4 Å². The molecule has 124 valence electrons. The molecule has 24 heavy (non-hydrogen) atoms. The van der Waals surface area contributed by atoms with Crippen LogP contribution in [0.2, 0.25) is 0 Å². The highest BCUT2D eigenvalue weighted by Crippen LogP contribution is 2.17. The average Bonchev–Trinajstić information content (AvgIpc) is 3.09. The SMILES string of the molecule is CC(C)[C@@H](C(=O)NCc1ccn[nH]1)n1cnc2ccccc2c1=O. The van der Waals surface area contributed by atoms with Crippen LogP contribution in [-0.2, 0) is 11.3 Å². The summed E-state index contributed by atoms with van der Waals surface area (Å²) in [5, 5.41) is 9.98. The van der Waals surface area contributed by atoms with Gasteiger partial charge in [0.2, 0.25) is 5.91 Å². The third kappa shape index (κ3) is 3.05. The Morgan fingerprint density at radius 2 is 2.08 bits per heavy atom. The van der Waals surface area contributed by atoms with Crippen molar-refractivity contribution >= 4 is 16.8 Å². The molecule has 0 aliphatic carbocycles. The number of hydrogen-bond donors (Lipinski definition) is 2. The molecular formula is C17H19N5O2. The number of aromatic nitrogens is 4. The topological polar surface area (TPSA) is 92.7 Å². The minimum atomic E-state index is -0.627. The normalized spacial score (nSPS) is 12.5. The van der Waals surface area contributed by atoms with Crippen molar-refractivity contribution in [3.05, 3.63) is 58.9 Å². The van der Waals surface area contributed by atoms with Crippen LogP contribution >= 0.6 is 0 Å². The standard InChI is InChI=1S/C17H19N5O2/c1-11(2)15(16(23)18-9-12-7-8-20-21-12)22-10-19-14-6-4-3-5-13(14)17(22)24/h3-8,10-11,15H,9H2,1-2H3,(H,18,23)(H,20,21)/t15-/m0/s1. The van der Waals surface area contributed by atoms with Gasteiger partial charge in [0.05, 0.1) is 29.5 Å². The summed E-state index contributed by atoms with van der Waals surface area (Å²) in [5.74, 6) is -0.286. The first-order chi connectivity index (χ1) is 11.6. The lowest BCUT2D eigenvalue weighted by Gasteiger charge is -2.22. The fraction of sp³-hybridized carbons (Fsp3) is 0.294. The van der Waals surface area contributed by atoms with Crippen LogP contribution in [0.4, 0.5) is 0 Å². The first kappa shape index (κ1) is 15.9. The zero-order valence-corrected chi connectivity index (χ0v) is 13.6. The van der Waals surface area contributed by atoms with Gasteiger partial charge < -0.3 is 5.32 Å². The lowest BCUT2D eigenvalue weighted by Crippen LogP contribution is -2.39. The number of hydrogen-bond acceptors (Lipinski definition) is 4. The molecule has 0 saturated carbocycles. The Hall–Kier alpha value is -2.96. The molecule has 0 bridgehead atoms. The summed E-state index contributed by atoms with van der Waals surface area (Å²) in [6.45, 7) is 4.14. The molecule has 3 rings (SSSR count). The second-order valence-corrected chi connectivity index (χ2v) is 5.96. The number of para-hydroxylation sites is 1. The first-order valence-corrected chi connectivity index (χ1v) is 7.80. The number of nitrogens with zero attached hydrogens (tertiary/aromatic N) is 3. The van der Waals surface area contributed by atoms with Gasteiger partial charge in [0.15, 0.2) is 0 Å². The van der Waals surface area contributed by atoms with Crippen molar-refractivity contribution in [1.29, 1.82) is 0 Å². The predicted molar refractivity (Wildman–Crippen MR) is 90.3 cm³/mol. The van der Waals surface area contributed by atoms with Crippen molar-refractivity contribution < 1.29 is 4.79 Å². The summed E-state index contributed by atoms with van der Waals surface area (Å²) in [4.78, 5) is 29.7. The number of H-pyrrole nitrogens is 1. The molecule has 2 N–H and O–H groups in total. The molecule has 0 spiro atoms. The van der Waals surface area contributed by atoms with Gasteiger partial charge >= 0.3 is 0 Å². The maximum absolute atomic E-state index is 12.7. The van der Waals surface area contributed by atoms with Crippen LogP contribution in [0.25, 0.3) is 10.9 Å². The van der Waals surface area contributed by atoms with Crippen LogP contribution < -0.4 is 10.9 Å². The van der Waals surface area contributed by atoms with Gasteiger partial charge in [0.1, 0.15) is 6.04 Å². The molecule has 1 atom stereocenters. The molecular weight excluding hydrogens is 306 g/mol. The zero-order valence-electron chi connectivity index (χ0n) is 13.6. The number of carbonyl (C=O) groups excluding carboxylic acids is 1. The zero-order chi connectivity index (χ0) is 17.1. The molecule has 1 aromatic carbocycles. The fourth-order valence-corrected chi connectivity index (χ4v) is 2.70. The van der Waals surface area contributed by atoms with Gasteiger partial charge in [0, 0.05) is 6.20 Å². The van der Waals surface area contributed by atoms with E-state index in [1.807, 2.05) is 19.9 Å². The highest BCUT2D eigenvalue weighted by Gasteiger charge is 2.25. The highest BCUT2D eigenvalue weighted by molar-refractivity contribution is 5.82. The van der Waals surface area contributed by atoms with Gasteiger partial charge in [-0.3, -0.25) is 19.3 Å². The summed E-state index contributed by atoms with van der Waals surface area (Å²) in [5.41, 5.74) is 1.21. The molecule has 2 heterocycles. The lowest BCUT2D eigenvalue weighted by molar-refractivity contribution is -0.125. The van der Waals surface area contributed by atoms with Crippen molar-refractivity contribution in [2.75, 3.05) is 0 Å². The van der Waals surface area contributed by atoms with Gasteiger partial charge in [-0.25, -0.2) is 4.98 Å². The van der Waals surface area contributed by atoms with E-state index in [1.165, 1.54) is 10.9 Å². The van der Waals surface area contributed by atoms with Crippen molar-refractivity contribution in [3.8, 4) is 0 Å². The number of rotatable bonds is 5. The number of amides is 1. The molecule has 0 fully saturated rings. The fourth-order valence-electron chi connectivity index (χ4n) is 2.70. The van der Waals surface area contributed by atoms with Crippen LogP contribution in [0.15, 0.2) is 47.7 Å². The number of aromatic amines is 1. The summed E-state index contributed by atoms with van der Waals surface area (Å²) >= 11 is 0. The van der Waals surface area contributed by atoms with Gasteiger partial charge in [0.25, 0.3) is 5.56 Å². The number of fused-ring (bicyclic) bond motifs is 1. The third-order valence-electron chi connectivity index (χ3n) is 3.90. The minimum absolute atomic E-state index is 0.0626. The van der Waals surface area contributed by atoms with Gasteiger partial charge in [-0.2, -0.15) is 5.10 Å². The lowest BCUT2D eigenvalue weighted by atomic mass is 10.0. The first-order valence-electron chi connectivity index (χ1n) is 7.80. The summed E-state index contributed by atoms with van der Waals surface area (Å²) in [6, 6.07) is 8.28. The van der Waals surface area contributed by atoms with E-state index < -0.39 is 6.04 Å². The van der Waals surface area contributed by atoms with Crippen molar-refractivity contribution in [2.45, 2.75) is 26.4 Å². The van der Waals surface area contributed by atoms with Gasteiger partial charge in [-0.15, -0.1) is 0 Å². The molecule has 2 aromatic heterocycles. The quantitative estimate of drug-likeness (QED) is 0.746. The molecule has 1 amide bonds. The van der Waals surface area contributed by atoms with Gasteiger partial charge in [-0.1, -0.05) is 26.0 Å². The van der Waals surface area contributed by atoms with Crippen molar-refractivity contribution in [3.63, 3.8) is 0 Å². The van der Waals surface area contributed by atoms with E-state index in [9.17, 15) is 9.59 Å². The number of carbonyl (C=O) groups is 1. The van der Waals surface area contributed by atoms with E-state index in [1.54, 1.807) is 30.5 Å². The largest absolute Gasteiger partial charge is 0.349 e. The molecule has 0 aliphatic heterocycles. The number of nitrogens with one attached hydrogen (secondary N) is 2. The predicted octanol–water partition coefficient (Wildman–Crippen LogP) is 1.63. The molecule has 7 nitrogen and oxygen atoms in total. The van der Waals surface area contributed by atoms with Crippen LogP contribution in [0.5, 0.6) is 0 Å². The summed E-state index contributed by atoms with van der Waals surface area (Å²) < 4.78 is 1.41. The average molecular weight is 325 g/mol. The van der Waals surface area contributed by atoms with Crippen LogP contribution in [0.1, 0.15) is 25.6 Å². The van der Waals surface area contributed by atoms with Crippen LogP contribution in [0.3, 0.4) is 0 Å². The third-order valence-corrected chi connectivity index (χ3v) is 3.90. The van der Waals surface area contributed by atoms with Crippen molar-refractivity contribution in [1.82, 2.24) is 25.1 Å². The molecule has 0 saturated heterocycles. The minimum Gasteiger partial charge on any atom is -0.349 e. The molecule has 0 unspecified atom stereocenters. The second-order valence-electron chi connectivity index (χ2n) is 5.96. The Morgan fingerprint density at radius 3 is 2.79 bits per heavy atom. The molecule has 0 radical (unpaired) electrons. The Balaban J connectivity index is 1.92. The molecule has 3 aromatic rings. The van der Waals surface area contributed by atoms with Crippen LogP contribution in [-0.4, -0.2) is 25.7 Å². The second kappa shape index (κ2) is 6.66. The van der Waals surface area contributed by atoms with Crippen LogP contribution in [0, 0.1) is 5.92 Å². The maximum atomic E-state index is 12.7. The highest BCUT2D eigenvalue weighted by atomic mass is 16.2. The van der Waals surface area contributed by atoms with E-state index in [0.717, 1.165) is 5.69 Å². The number of benzene rings is 1. The van der Waals surface area contributed by atoms with Crippen molar-refractivity contribution in [2.24, 2.45) is 5.92 Å². The monoisotopic (exact) mass is 325 g/mol. The Morgan fingerprint density at radius 1 is 1.29 bits per heavy atom. The Bertz CT molecular complexity index is 899. The van der Waals surface area contributed by atoms with E-state index >= 15 is 0 Å². The Labute approximate surface area is 138 Å².